The predicted molar refractivity (Wildman–Crippen MR) is 59.7 cm³/mol. The number of piperidine rings is 1. The van der Waals surface area contributed by atoms with Gasteiger partial charge in [0.1, 0.15) is 6.61 Å². The van der Waals surface area contributed by atoms with Crippen LogP contribution in [-0.4, -0.2) is 52.7 Å². The van der Waals surface area contributed by atoms with Crippen LogP contribution < -0.4 is 10.0 Å². The van der Waals surface area contributed by atoms with E-state index in [1.807, 2.05) is 0 Å². The second-order valence-corrected chi connectivity index (χ2v) is 6.10. The van der Waals surface area contributed by atoms with Gasteiger partial charge < -0.3 is 10.1 Å². The van der Waals surface area contributed by atoms with Crippen LogP contribution in [0.25, 0.3) is 0 Å². The van der Waals surface area contributed by atoms with Crippen molar-refractivity contribution in [2.24, 2.45) is 0 Å². The summed E-state index contributed by atoms with van der Waals surface area (Å²) in [7, 11) is -3.45. The second-order valence-electron chi connectivity index (χ2n) is 4.06. The van der Waals surface area contributed by atoms with Gasteiger partial charge in [-0.3, -0.25) is 0 Å². The molecule has 0 aliphatic carbocycles. The standard InChI is InChI=1S/C9H17F3N2O3S/c10-9(11,12)7-17-6-5-14-18(15,16)8-1-3-13-4-2-8/h8,13-14H,1-7H2. The molecule has 1 saturated heterocycles. The summed E-state index contributed by atoms with van der Waals surface area (Å²) in [5, 5.41) is 2.57. The fourth-order valence-electron chi connectivity index (χ4n) is 1.67. The van der Waals surface area contributed by atoms with Crippen molar-refractivity contribution in [3.63, 3.8) is 0 Å². The van der Waals surface area contributed by atoms with Crippen molar-refractivity contribution in [3.8, 4) is 0 Å². The highest BCUT2D eigenvalue weighted by atomic mass is 32.2. The Labute approximate surface area is 104 Å². The van der Waals surface area contributed by atoms with Crippen molar-refractivity contribution in [1.29, 1.82) is 0 Å². The van der Waals surface area contributed by atoms with Crippen LogP contribution in [0.2, 0.25) is 0 Å². The SMILES string of the molecule is O=S(=O)(NCCOCC(F)(F)F)C1CCNCC1. The third-order valence-electron chi connectivity index (χ3n) is 2.54. The summed E-state index contributed by atoms with van der Waals surface area (Å²) >= 11 is 0. The highest BCUT2D eigenvalue weighted by Gasteiger charge is 2.28. The van der Waals surface area contributed by atoms with Crippen LogP contribution in [0, 0.1) is 0 Å². The molecule has 0 aromatic carbocycles. The second kappa shape index (κ2) is 6.69. The molecule has 108 valence electrons. The summed E-state index contributed by atoms with van der Waals surface area (Å²) < 4.78 is 65.3. The van der Waals surface area contributed by atoms with Gasteiger partial charge in [0.2, 0.25) is 10.0 Å². The van der Waals surface area contributed by atoms with Gasteiger partial charge in [0.25, 0.3) is 0 Å². The molecule has 0 saturated carbocycles. The van der Waals surface area contributed by atoms with E-state index >= 15 is 0 Å². The smallest absolute Gasteiger partial charge is 0.371 e. The molecule has 1 fully saturated rings. The van der Waals surface area contributed by atoms with E-state index in [0.717, 1.165) is 0 Å². The molecule has 0 spiro atoms. The van der Waals surface area contributed by atoms with Gasteiger partial charge in [0.05, 0.1) is 11.9 Å². The number of hydrogen-bond acceptors (Lipinski definition) is 4. The van der Waals surface area contributed by atoms with Crippen molar-refractivity contribution < 1.29 is 26.3 Å². The quantitative estimate of drug-likeness (QED) is 0.688. The summed E-state index contributed by atoms with van der Waals surface area (Å²) in [6.07, 6.45) is -3.36. The lowest BCUT2D eigenvalue weighted by Gasteiger charge is -2.22. The third kappa shape index (κ3) is 5.98. The Balaban J connectivity index is 2.21. The van der Waals surface area contributed by atoms with Crippen LogP contribution in [-0.2, 0) is 14.8 Å². The van der Waals surface area contributed by atoms with E-state index in [1.54, 1.807) is 0 Å². The number of rotatable bonds is 6. The Morgan fingerprint density at radius 2 is 1.89 bits per heavy atom. The van der Waals surface area contributed by atoms with E-state index in [0.29, 0.717) is 25.9 Å². The van der Waals surface area contributed by atoms with Crippen molar-refractivity contribution >= 4 is 10.0 Å². The maximum atomic E-state index is 11.7. The van der Waals surface area contributed by atoms with E-state index in [-0.39, 0.29) is 13.2 Å². The molecule has 0 aromatic rings. The average molecular weight is 290 g/mol. The molecule has 0 aromatic heterocycles. The molecular weight excluding hydrogens is 273 g/mol. The van der Waals surface area contributed by atoms with Gasteiger partial charge in [0, 0.05) is 6.54 Å². The summed E-state index contributed by atoms with van der Waals surface area (Å²) in [5.74, 6) is 0. The molecule has 18 heavy (non-hydrogen) atoms. The van der Waals surface area contributed by atoms with Crippen molar-refractivity contribution in [2.75, 3.05) is 32.8 Å². The van der Waals surface area contributed by atoms with Crippen molar-refractivity contribution in [3.05, 3.63) is 0 Å². The van der Waals surface area contributed by atoms with E-state index < -0.39 is 28.1 Å². The Bertz CT molecular complexity index is 339. The number of sulfonamides is 1. The average Bonchev–Trinajstić information content (AvgIpc) is 2.28. The normalized spacial score (nSPS) is 19.1. The molecule has 0 bridgehead atoms. The molecule has 0 unspecified atom stereocenters. The van der Waals surface area contributed by atoms with E-state index in [2.05, 4.69) is 14.8 Å². The first kappa shape index (κ1) is 15.7. The van der Waals surface area contributed by atoms with Gasteiger partial charge in [-0.05, 0) is 25.9 Å². The number of hydrogen-bond donors (Lipinski definition) is 2. The minimum Gasteiger partial charge on any atom is -0.371 e. The Hall–Kier alpha value is -0.380. The molecule has 2 N–H and O–H groups in total. The zero-order valence-electron chi connectivity index (χ0n) is 9.79. The molecular formula is C9H17F3N2O3S. The molecule has 9 heteroatoms. The Kier molecular flexibility index (Phi) is 5.83. The van der Waals surface area contributed by atoms with Crippen LogP contribution in [0.1, 0.15) is 12.8 Å². The molecule has 1 aliphatic heterocycles. The van der Waals surface area contributed by atoms with Gasteiger partial charge in [-0.15, -0.1) is 0 Å². The summed E-state index contributed by atoms with van der Waals surface area (Å²) in [5.41, 5.74) is 0. The largest absolute Gasteiger partial charge is 0.411 e. The zero-order valence-corrected chi connectivity index (χ0v) is 10.6. The fraction of sp³-hybridized carbons (Fsp3) is 1.00. The molecule has 1 aliphatic rings. The van der Waals surface area contributed by atoms with Crippen LogP contribution in [0.3, 0.4) is 0 Å². The summed E-state index contributed by atoms with van der Waals surface area (Å²) in [6.45, 7) is -0.513. The van der Waals surface area contributed by atoms with Crippen LogP contribution in [0.4, 0.5) is 13.2 Å². The third-order valence-corrected chi connectivity index (χ3v) is 4.50. The van der Waals surface area contributed by atoms with E-state index in [4.69, 9.17) is 0 Å². The van der Waals surface area contributed by atoms with Gasteiger partial charge in [-0.1, -0.05) is 0 Å². The van der Waals surface area contributed by atoms with E-state index in [9.17, 15) is 21.6 Å². The van der Waals surface area contributed by atoms with Crippen LogP contribution >= 0.6 is 0 Å². The molecule has 0 atom stereocenters. The van der Waals surface area contributed by atoms with Gasteiger partial charge in [-0.2, -0.15) is 13.2 Å². The summed E-state index contributed by atoms with van der Waals surface area (Å²) in [4.78, 5) is 0. The molecule has 1 heterocycles. The lowest BCUT2D eigenvalue weighted by atomic mass is 10.2. The minimum absolute atomic E-state index is 0.137. The van der Waals surface area contributed by atoms with Gasteiger partial charge >= 0.3 is 6.18 Å². The topological polar surface area (TPSA) is 67.4 Å². The highest BCUT2D eigenvalue weighted by molar-refractivity contribution is 7.90. The maximum Gasteiger partial charge on any atom is 0.411 e. The van der Waals surface area contributed by atoms with Gasteiger partial charge in [0.15, 0.2) is 0 Å². The zero-order chi connectivity index (χ0) is 13.6. The van der Waals surface area contributed by atoms with Crippen molar-refractivity contribution in [1.82, 2.24) is 10.0 Å². The Morgan fingerprint density at radius 3 is 2.44 bits per heavy atom. The fourth-order valence-corrected chi connectivity index (χ4v) is 3.13. The number of alkyl halides is 3. The molecule has 0 amide bonds. The van der Waals surface area contributed by atoms with Crippen molar-refractivity contribution in [2.45, 2.75) is 24.3 Å². The van der Waals surface area contributed by atoms with Crippen LogP contribution in [0.5, 0.6) is 0 Å². The van der Waals surface area contributed by atoms with Crippen LogP contribution in [0.15, 0.2) is 0 Å². The molecule has 5 nitrogen and oxygen atoms in total. The Morgan fingerprint density at radius 1 is 1.28 bits per heavy atom. The predicted octanol–water partition coefficient (Wildman–Crippen LogP) is 0.237. The number of halogens is 3. The lowest BCUT2D eigenvalue weighted by Crippen LogP contribution is -2.42. The molecule has 1 rings (SSSR count). The van der Waals surface area contributed by atoms with Gasteiger partial charge in [-0.25, -0.2) is 13.1 Å². The molecule has 0 radical (unpaired) electrons. The maximum absolute atomic E-state index is 11.7. The lowest BCUT2D eigenvalue weighted by molar-refractivity contribution is -0.173. The first-order valence-electron chi connectivity index (χ1n) is 5.65. The minimum atomic E-state index is -4.38. The van der Waals surface area contributed by atoms with E-state index in [1.165, 1.54) is 0 Å². The first-order valence-corrected chi connectivity index (χ1v) is 7.19. The number of nitrogens with one attached hydrogen (secondary N) is 2. The highest BCUT2D eigenvalue weighted by Crippen LogP contribution is 2.14. The monoisotopic (exact) mass is 290 g/mol. The summed E-state index contributed by atoms with van der Waals surface area (Å²) in [6, 6.07) is 0. The number of ether oxygens (including phenoxy) is 1. The first-order chi connectivity index (χ1) is 8.31.